The maximum Gasteiger partial charge on any atom is 0.322 e. The Bertz CT molecular complexity index is 937. The number of nitrogens with one attached hydrogen (secondary N) is 1. The van der Waals surface area contributed by atoms with Crippen LogP contribution >= 0.6 is 11.6 Å². The molecule has 1 aromatic heterocycles. The molecule has 1 aliphatic rings. The molecule has 1 atom stereocenters. The molecule has 1 fully saturated rings. The average Bonchev–Trinajstić information content (AvgIpc) is 3.33. The predicted octanol–water partition coefficient (Wildman–Crippen LogP) is 5.07. The number of halogens is 1. The van der Waals surface area contributed by atoms with Crippen LogP contribution in [0, 0.1) is 6.92 Å². The van der Waals surface area contributed by atoms with Crippen molar-refractivity contribution >= 4 is 23.3 Å². The number of amides is 2. The van der Waals surface area contributed by atoms with Crippen LogP contribution in [-0.4, -0.2) is 27.6 Å². The van der Waals surface area contributed by atoms with Crippen LogP contribution in [0.5, 0.6) is 0 Å². The van der Waals surface area contributed by atoms with Crippen LogP contribution in [0.1, 0.15) is 30.3 Å². The van der Waals surface area contributed by atoms with Gasteiger partial charge in [0.1, 0.15) is 6.04 Å². The van der Waals surface area contributed by atoms with Gasteiger partial charge in [-0.15, -0.1) is 0 Å². The van der Waals surface area contributed by atoms with E-state index in [1.54, 1.807) is 17.0 Å². The second-order valence-electron chi connectivity index (χ2n) is 6.61. The van der Waals surface area contributed by atoms with Crippen molar-refractivity contribution in [2.75, 3.05) is 11.9 Å². The zero-order valence-corrected chi connectivity index (χ0v) is 15.6. The van der Waals surface area contributed by atoms with Crippen molar-refractivity contribution in [3.63, 3.8) is 0 Å². The summed E-state index contributed by atoms with van der Waals surface area (Å²) in [5.74, 6) is 0.948. The lowest BCUT2D eigenvalue weighted by atomic mass is 10.2. The quantitative estimate of drug-likeness (QED) is 0.686. The Balaban J connectivity index is 1.50. The molecule has 3 aromatic rings. The molecule has 27 heavy (non-hydrogen) atoms. The third-order valence-electron chi connectivity index (χ3n) is 4.65. The van der Waals surface area contributed by atoms with E-state index in [4.69, 9.17) is 16.1 Å². The standard InChI is InChI=1S/C20H19ClN4O2/c1-13-4-10-16(11-5-13)22-20(26)25-12-2-3-17(25)19-23-18(24-27-19)14-6-8-15(21)9-7-14/h4-11,17H,2-3,12H2,1H3,(H,22,26)/t17-/m0/s1. The smallest absolute Gasteiger partial charge is 0.322 e. The first kappa shape index (κ1) is 17.5. The molecular weight excluding hydrogens is 364 g/mol. The largest absolute Gasteiger partial charge is 0.337 e. The van der Waals surface area contributed by atoms with Gasteiger partial charge in [-0.25, -0.2) is 4.79 Å². The van der Waals surface area contributed by atoms with Crippen molar-refractivity contribution in [2.45, 2.75) is 25.8 Å². The topological polar surface area (TPSA) is 71.3 Å². The van der Waals surface area contributed by atoms with E-state index >= 15 is 0 Å². The van der Waals surface area contributed by atoms with Gasteiger partial charge in [0, 0.05) is 22.8 Å². The van der Waals surface area contributed by atoms with Gasteiger partial charge in [-0.3, -0.25) is 0 Å². The second kappa shape index (κ2) is 7.40. The van der Waals surface area contributed by atoms with Crippen molar-refractivity contribution in [2.24, 2.45) is 0 Å². The van der Waals surface area contributed by atoms with E-state index in [0.717, 1.165) is 29.7 Å². The molecule has 4 rings (SSSR count). The normalized spacial score (nSPS) is 16.5. The van der Waals surface area contributed by atoms with E-state index in [0.29, 0.717) is 23.3 Å². The molecule has 2 heterocycles. The van der Waals surface area contributed by atoms with Crippen LogP contribution in [0.25, 0.3) is 11.4 Å². The zero-order chi connectivity index (χ0) is 18.8. The minimum absolute atomic E-state index is 0.160. The van der Waals surface area contributed by atoms with Crippen molar-refractivity contribution in [3.05, 3.63) is 65.0 Å². The molecule has 1 saturated heterocycles. The van der Waals surface area contributed by atoms with Crippen LogP contribution in [0.4, 0.5) is 10.5 Å². The third kappa shape index (κ3) is 3.80. The first-order valence-electron chi connectivity index (χ1n) is 8.84. The van der Waals surface area contributed by atoms with Crippen molar-refractivity contribution in [1.29, 1.82) is 0 Å². The number of anilines is 1. The Labute approximate surface area is 162 Å². The van der Waals surface area contributed by atoms with Crippen molar-refractivity contribution in [1.82, 2.24) is 15.0 Å². The first-order valence-corrected chi connectivity index (χ1v) is 9.22. The summed E-state index contributed by atoms with van der Waals surface area (Å²) in [5, 5.41) is 7.65. The molecule has 0 saturated carbocycles. The molecule has 6 nitrogen and oxygen atoms in total. The predicted molar refractivity (Wildman–Crippen MR) is 104 cm³/mol. The van der Waals surface area contributed by atoms with Crippen LogP contribution < -0.4 is 5.32 Å². The Kier molecular flexibility index (Phi) is 4.81. The number of carbonyl (C=O) groups is 1. The van der Waals surface area contributed by atoms with Gasteiger partial charge in [-0.05, 0) is 56.2 Å². The van der Waals surface area contributed by atoms with Crippen LogP contribution in [0.2, 0.25) is 5.02 Å². The fraction of sp³-hybridized carbons (Fsp3) is 0.250. The van der Waals surface area contributed by atoms with Gasteiger partial charge in [0.2, 0.25) is 11.7 Å². The monoisotopic (exact) mass is 382 g/mol. The van der Waals surface area contributed by atoms with Crippen LogP contribution in [0.15, 0.2) is 53.1 Å². The number of benzene rings is 2. The van der Waals surface area contributed by atoms with Gasteiger partial charge in [0.15, 0.2) is 0 Å². The molecule has 1 aliphatic heterocycles. The van der Waals surface area contributed by atoms with Crippen molar-refractivity contribution < 1.29 is 9.32 Å². The lowest BCUT2D eigenvalue weighted by molar-refractivity contribution is 0.193. The summed E-state index contributed by atoms with van der Waals surface area (Å²) < 4.78 is 5.46. The molecule has 0 bridgehead atoms. The van der Waals surface area contributed by atoms with E-state index in [1.165, 1.54) is 0 Å². The molecule has 0 unspecified atom stereocenters. The minimum atomic E-state index is -0.219. The number of aromatic nitrogens is 2. The van der Waals surface area contributed by atoms with Gasteiger partial charge >= 0.3 is 6.03 Å². The molecule has 1 N–H and O–H groups in total. The maximum atomic E-state index is 12.7. The summed E-state index contributed by atoms with van der Waals surface area (Å²) in [6, 6.07) is 14.6. The van der Waals surface area contributed by atoms with E-state index < -0.39 is 0 Å². The van der Waals surface area contributed by atoms with Gasteiger partial charge in [0.25, 0.3) is 0 Å². The third-order valence-corrected chi connectivity index (χ3v) is 4.90. The van der Waals surface area contributed by atoms with E-state index in [9.17, 15) is 4.79 Å². The summed E-state index contributed by atoms with van der Waals surface area (Å²) in [6.07, 6.45) is 1.69. The number of hydrogen-bond acceptors (Lipinski definition) is 4. The van der Waals surface area contributed by atoms with Crippen LogP contribution in [0.3, 0.4) is 0 Å². The number of nitrogens with zero attached hydrogens (tertiary/aromatic N) is 3. The highest BCUT2D eigenvalue weighted by atomic mass is 35.5. The number of urea groups is 1. The number of carbonyl (C=O) groups excluding carboxylic acids is 1. The zero-order valence-electron chi connectivity index (χ0n) is 14.9. The minimum Gasteiger partial charge on any atom is -0.337 e. The summed E-state index contributed by atoms with van der Waals surface area (Å²) >= 11 is 5.92. The Hall–Kier alpha value is -2.86. The Morgan fingerprint density at radius 3 is 2.67 bits per heavy atom. The molecule has 0 spiro atoms. The Morgan fingerprint density at radius 2 is 1.93 bits per heavy atom. The average molecular weight is 383 g/mol. The molecule has 0 aliphatic carbocycles. The highest BCUT2D eigenvalue weighted by Crippen LogP contribution is 2.32. The lowest BCUT2D eigenvalue weighted by Gasteiger charge is -2.22. The lowest BCUT2D eigenvalue weighted by Crippen LogP contribution is -2.34. The summed E-state index contributed by atoms with van der Waals surface area (Å²) in [5.41, 5.74) is 2.74. The molecule has 2 aromatic carbocycles. The summed E-state index contributed by atoms with van der Waals surface area (Å²) in [6.45, 7) is 2.66. The first-order chi connectivity index (χ1) is 13.1. The van der Waals surface area contributed by atoms with Gasteiger partial charge in [0.05, 0.1) is 0 Å². The molecule has 138 valence electrons. The number of rotatable bonds is 3. The Morgan fingerprint density at radius 1 is 1.19 bits per heavy atom. The molecule has 7 heteroatoms. The number of hydrogen-bond donors (Lipinski definition) is 1. The van der Waals surface area contributed by atoms with Crippen molar-refractivity contribution in [3.8, 4) is 11.4 Å². The van der Waals surface area contributed by atoms with Gasteiger partial charge in [-0.2, -0.15) is 4.98 Å². The number of aryl methyl sites for hydroxylation is 1. The molecule has 2 amide bonds. The number of likely N-dealkylation sites (tertiary alicyclic amines) is 1. The highest BCUT2D eigenvalue weighted by Gasteiger charge is 2.34. The van der Waals surface area contributed by atoms with Crippen LogP contribution in [-0.2, 0) is 0 Å². The maximum absolute atomic E-state index is 12.7. The SMILES string of the molecule is Cc1ccc(NC(=O)N2CCC[C@H]2c2nc(-c3ccc(Cl)cc3)no2)cc1. The van der Waals surface area contributed by atoms with E-state index in [1.807, 2.05) is 43.3 Å². The molecular formula is C20H19ClN4O2. The van der Waals surface area contributed by atoms with E-state index in [-0.39, 0.29) is 12.1 Å². The van der Waals surface area contributed by atoms with E-state index in [2.05, 4.69) is 15.5 Å². The highest BCUT2D eigenvalue weighted by molar-refractivity contribution is 6.30. The fourth-order valence-corrected chi connectivity index (χ4v) is 3.31. The van der Waals surface area contributed by atoms with Gasteiger partial charge in [-0.1, -0.05) is 34.5 Å². The summed E-state index contributed by atoms with van der Waals surface area (Å²) in [4.78, 5) is 19.0. The van der Waals surface area contributed by atoms with Gasteiger partial charge < -0.3 is 14.7 Å². The molecule has 0 radical (unpaired) electrons. The second-order valence-corrected chi connectivity index (χ2v) is 7.05. The fourth-order valence-electron chi connectivity index (χ4n) is 3.19. The summed E-state index contributed by atoms with van der Waals surface area (Å²) in [7, 11) is 0.